The first-order chi connectivity index (χ1) is 14.0. The first-order valence-corrected chi connectivity index (χ1v) is 11.4. The normalized spacial score (nSPS) is 24.0. The highest BCUT2D eigenvalue weighted by Crippen LogP contribution is 2.27. The minimum atomic E-state index is 0.117. The second-order valence-corrected chi connectivity index (χ2v) is 9.23. The summed E-state index contributed by atoms with van der Waals surface area (Å²) in [4.78, 5) is 17.7. The number of piperidine rings is 1. The molecule has 0 saturated carbocycles. The molecule has 2 aliphatic rings. The predicted octanol–water partition coefficient (Wildman–Crippen LogP) is 3.42. The van der Waals surface area contributed by atoms with Gasteiger partial charge in [0.1, 0.15) is 0 Å². The van der Waals surface area contributed by atoms with Crippen LogP contribution in [0, 0.1) is 11.8 Å². The third kappa shape index (κ3) is 6.95. The van der Waals surface area contributed by atoms with Crippen LogP contribution >= 0.6 is 11.6 Å². The number of carbonyl (C=O) groups is 1. The Morgan fingerprint density at radius 3 is 2.72 bits per heavy atom. The van der Waals surface area contributed by atoms with Crippen molar-refractivity contribution in [3.63, 3.8) is 0 Å². The Morgan fingerprint density at radius 1 is 1.24 bits per heavy atom. The first kappa shape index (κ1) is 22.5. The fraction of sp³-hybridized carbons (Fsp3) is 0.696. The molecule has 0 radical (unpaired) electrons. The first-order valence-electron chi connectivity index (χ1n) is 11.1. The smallest absolute Gasteiger partial charge is 0.220 e. The molecule has 6 heteroatoms. The molecule has 0 aliphatic carbocycles. The number of benzene rings is 1. The van der Waals surface area contributed by atoms with Crippen LogP contribution in [0.25, 0.3) is 0 Å². The van der Waals surface area contributed by atoms with Gasteiger partial charge in [0.25, 0.3) is 0 Å². The monoisotopic (exact) mass is 421 g/mol. The lowest BCUT2D eigenvalue weighted by atomic mass is 9.86. The molecule has 1 aromatic carbocycles. The van der Waals surface area contributed by atoms with E-state index in [1.165, 1.54) is 6.42 Å². The van der Waals surface area contributed by atoms with Gasteiger partial charge < -0.3 is 15.0 Å². The van der Waals surface area contributed by atoms with Crippen LogP contribution in [-0.4, -0.2) is 67.7 Å². The molecular weight excluding hydrogens is 386 g/mol. The van der Waals surface area contributed by atoms with Crippen LogP contribution in [0.4, 0.5) is 0 Å². The lowest BCUT2D eigenvalue weighted by Crippen LogP contribution is -2.54. The summed E-state index contributed by atoms with van der Waals surface area (Å²) in [7, 11) is 0. The summed E-state index contributed by atoms with van der Waals surface area (Å²) in [6, 6.07) is 8.25. The zero-order valence-corrected chi connectivity index (χ0v) is 18.7. The Bertz CT molecular complexity index is 649. The highest BCUT2D eigenvalue weighted by Gasteiger charge is 2.34. The molecule has 29 heavy (non-hydrogen) atoms. The number of rotatable bonds is 8. The summed E-state index contributed by atoms with van der Waals surface area (Å²) in [5.74, 6) is 1.33. The number of nitrogens with zero attached hydrogens (tertiary/aromatic N) is 2. The zero-order valence-electron chi connectivity index (χ0n) is 17.9. The van der Waals surface area contributed by atoms with Gasteiger partial charge in [-0.2, -0.15) is 0 Å². The van der Waals surface area contributed by atoms with Gasteiger partial charge in [0.15, 0.2) is 0 Å². The topological polar surface area (TPSA) is 44.8 Å². The molecule has 3 rings (SSSR count). The van der Waals surface area contributed by atoms with Crippen LogP contribution in [0.3, 0.4) is 0 Å². The highest BCUT2D eigenvalue weighted by atomic mass is 35.5. The molecule has 0 aromatic heterocycles. The maximum absolute atomic E-state index is 12.5. The third-order valence-corrected chi connectivity index (χ3v) is 6.46. The number of amides is 1. The standard InChI is InChI=1S/C23H36ClN3O2/c1-18(2)16-26-10-9-22(27-11-13-29-14-12-27)20(17-26)7-8-23(28)25-15-19-5-3-4-6-21(19)24/h3-6,18,20,22H,7-17H2,1-2H3,(H,25,28)/t20-,22+/m1/s1. The van der Waals surface area contributed by atoms with Crippen LogP contribution in [0.2, 0.25) is 5.02 Å². The molecule has 2 aliphatic heterocycles. The van der Waals surface area contributed by atoms with Crippen molar-refractivity contribution in [3.8, 4) is 0 Å². The highest BCUT2D eigenvalue weighted by molar-refractivity contribution is 6.31. The Labute approximate surface area is 180 Å². The third-order valence-electron chi connectivity index (χ3n) is 6.09. The van der Waals surface area contributed by atoms with Crippen LogP contribution in [-0.2, 0) is 16.1 Å². The van der Waals surface area contributed by atoms with Crippen LogP contribution < -0.4 is 5.32 Å². The van der Waals surface area contributed by atoms with Crippen molar-refractivity contribution < 1.29 is 9.53 Å². The molecule has 2 saturated heterocycles. The molecule has 2 atom stereocenters. The molecule has 1 amide bonds. The molecule has 2 fully saturated rings. The molecule has 5 nitrogen and oxygen atoms in total. The molecule has 0 unspecified atom stereocenters. The van der Waals surface area contributed by atoms with Crippen LogP contribution in [0.5, 0.6) is 0 Å². The van der Waals surface area contributed by atoms with Crippen molar-refractivity contribution in [1.82, 2.24) is 15.1 Å². The quantitative estimate of drug-likeness (QED) is 0.698. The summed E-state index contributed by atoms with van der Waals surface area (Å²) in [5.41, 5.74) is 0.967. The van der Waals surface area contributed by atoms with Gasteiger partial charge in [-0.05, 0) is 42.9 Å². The summed E-state index contributed by atoms with van der Waals surface area (Å²) in [6.07, 6.45) is 2.70. The summed E-state index contributed by atoms with van der Waals surface area (Å²) in [5, 5.41) is 3.75. The minimum absolute atomic E-state index is 0.117. The maximum Gasteiger partial charge on any atom is 0.220 e. The SMILES string of the molecule is CC(C)CN1CC[C@H](N2CCOCC2)[C@H](CCC(=O)NCc2ccccc2Cl)C1. The van der Waals surface area contributed by atoms with E-state index in [-0.39, 0.29) is 5.91 Å². The second kappa shape index (κ2) is 11.3. The fourth-order valence-electron chi connectivity index (χ4n) is 4.69. The summed E-state index contributed by atoms with van der Waals surface area (Å²) < 4.78 is 5.55. The van der Waals surface area contributed by atoms with E-state index in [1.807, 2.05) is 24.3 Å². The van der Waals surface area contributed by atoms with E-state index in [2.05, 4.69) is 29.0 Å². The number of halogens is 1. The van der Waals surface area contributed by atoms with Gasteiger partial charge in [-0.15, -0.1) is 0 Å². The zero-order chi connectivity index (χ0) is 20.6. The Morgan fingerprint density at radius 2 is 2.00 bits per heavy atom. The fourth-order valence-corrected chi connectivity index (χ4v) is 4.89. The number of carbonyl (C=O) groups excluding carboxylic acids is 1. The molecule has 1 aromatic rings. The average Bonchev–Trinajstić information content (AvgIpc) is 2.72. The van der Waals surface area contributed by atoms with Crippen LogP contribution in [0.1, 0.15) is 38.7 Å². The van der Waals surface area contributed by atoms with E-state index in [0.717, 1.165) is 57.9 Å². The van der Waals surface area contributed by atoms with Gasteiger partial charge in [-0.3, -0.25) is 9.69 Å². The Kier molecular flexibility index (Phi) is 8.79. The molecule has 162 valence electrons. The lowest BCUT2D eigenvalue weighted by molar-refractivity contribution is -0.121. The molecule has 0 bridgehead atoms. The van der Waals surface area contributed by atoms with Crippen molar-refractivity contribution in [3.05, 3.63) is 34.9 Å². The number of hydrogen-bond acceptors (Lipinski definition) is 4. The van der Waals surface area contributed by atoms with Gasteiger partial charge in [0.2, 0.25) is 5.91 Å². The van der Waals surface area contributed by atoms with Crippen molar-refractivity contribution in [2.45, 2.75) is 45.7 Å². The largest absolute Gasteiger partial charge is 0.379 e. The Balaban J connectivity index is 1.53. The molecule has 2 heterocycles. The van der Waals surface area contributed by atoms with E-state index in [4.69, 9.17) is 16.3 Å². The van der Waals surface area contributed by atoms with Crippen LogP contribution in [0.15, 0.2) is 24.3 Å². The van der Waals surface area contributed by atoms with Gasteiger partial charge >= 0.3 is 0 Å². The van der Waals surface area contributed by atoms with Crippen molar-refractivity contribution >= 4 is 17.5 Å². The summed E-state index contributed by atoms with van der Waals surface area (Å²) >= 11 is 6.20. The van der Waals surface area contributed by atoms with E-state index in [1.54, 1.807) is 0 Å². The number of nitrogens with one attached hydrogen (secondary N) is 1. The minimum Gasteiger partial charge on any atom is -0.379 e. The molecule has 1 N–H and O–H groups in total. The number of ether oxygens (including phenoxy) is 1. The lowest BCUT2D eigenvalue weighted by Gasteiger charge is -2.45. The Hall–Kier alpha value is -1.14. The molecular formula is C23H36ClN3O2. The number of morpholine rings is 1. The second-order valence-electron chi connectivity index (χ2n) is 8.82. The predicted molar refractivity (Wildman–Crippen MR) is 118 cm³/mol. The van der Waals surface area contributed by atoms with Crippen molar-refractivity contribution in [1.29, 1.82) is 0 Å². The number of likely N-dealkylation sites (tertiary alicyclic amines) is 1. The van der Waals surface area contributed by atoms with Crippen molar-refractivity contribution in [2.24, 2.45) is 11.8 Å². The van der Waals surface area contributed by atoms with E-state index < -0.39 is 0 Å². The van der Waals surface area contributed by atoms with E-state index in [0.29, 0.717) is 35.9 Å². The van der Waals surface area contributed by atoms with Gasteiger partial charge in [-0.25, -0.2) is 0 Å². The average molecular weight is 422 g/mol. The number of hydrogen-bond donors (Lipinski definition) is 1. The van der Waals surface area contributed by atoms with Gasteiger partial charge in [-0.1, -0.05) is 43.6 Å². The van der Waals surface area contributed by atoms with E-state index >= 15 is 0 Å². The van der Waals surface area contributed by atoms with E-state index in [9.17, 15) is 4.79 Å². The van der Waals surface area contributed by atoms with Crippen molar-refractivity contribution in [2.75, 3.05) is 45.9 Å². The summed E-state index contributed by atoms with van der Waals surface area (Å²) in [6.45, 7) is 12.2. The molecule has 0 spiro atoms. The van der Waals surface area contributed by atoms with Gasteiger partial charge in [0.05, 0.1) is 13.2 Å². The van der Waals surface area contributed by atoms with Gasteiger partial charge in [0, 0.05) is 50.2 Å². The maximum atomic E-state index is 12.5.